The third-order valence-electron chi connectivity index (χ3n) is 4.66. The standard InChI is InChI=1S/C19H27N3O/c1-4-17(20)16-12-14-6-5-7-15(13(2)3)18(14)21-19(16)22-8-10-23-11-9-22/h5-7,12-13,17H,4,8-11,20H2,1-3H3. The first-order valence-corrected chi connectivity index (χ1v) is 8.63. The molecule has 0 saturated carbocycles. The van der Waals surface area contributed by atoms with Gasteiger partial charge >= 0.3 is 0 Å². The molecule has 1 aromatic carbocycles. The Kier molecular flexibility index (Phi) is 4.83. The SMILES string of the molecule is CCC(N)c1cc2cccc(C(C)C)c2nc1N1CCOCC1. The van der Waals surface area contributed by atoms with Gasteiger partial charge in [0.15, 0.2) is 0 Å². The van der Waals surface area contributed by atoms with E-state index in [0.717, 1.165) is 49.6 Å². The Balaban J connectivity index is 2.18. The fourth-order valence-electron chi connectivity index (χ4n) is 3.22. The van der Waals surface area contributed by atoms with Crippen LogP contribution in [0.1, 0.15) is 50.3 Å². The van der Waals surface area contributed by atoms with Crippen LogP contribution in [0.2, 0.25) is 0 Å². The van der Waals surface area contributed by atoms with Crippen LogP contribution in [0, 0.1) is 0 Å². The molecule has 0 aliphatic carbocycles. The number of nitrogens with two attached hydrogens (primary N) is 1. The third kappa shape index (κ3) is 3.19. The van der Waals surface area contributed by atoms with Crippen LogP contribution in [-0.2, 0) is 4.74 Å². The molecule has 2 aromatic rings. The quantitative estimate of drug-likeness (QED) is 0.937. The molecule has 0 radical (unpaired) electrons. The van der Waals surface area contributed by atoms with E-state index in [1.165, 1.54) is 10.9 Å². The Hall–Kier alpha value is -1.65. The first kappa shape index (κ1) is 16.2. The van der Waals surface area contributed by atoms with Crippen LogP contribution in [0.15, 0.2) is 24.3 Å². The van der Waals surface area contributed by atoms with Crippen LogP contribution >= 0.6 is 0 Å². The van der Waals surface area contributed by atoms with Crippen molar-refractivity contribution in [2.75, 3.05) is 31.2 Å². The summed E-state index contributed by atoms with van der Waals surface area (Å²) in [5, 5.41) is 1.19. The molecule has 0 bridgehead atoms. The van der Waals surface area contributed by atoms with E-state index in [9.17, 15) is 0 Å². The number of anilines is 1. The van der Waals surface area contributed by atoms with Crippen LogP contribution in [0.5, 0.6) is 0 Å². The topological polar surface area (TPSA) is 51.4 Å². The first-order chi connectivity index (χ1) is 11.1. The minimum Gasteiger partial charge on any atom is -0.378 e. The van der Waals surface area contributed by atoms with Crippen molar-refractivity contribution < 1.29 is 4.74 Å². The molecule has 1 atom stereocenters. The van der Waals surface area contributed by atoms with Gasteiger partial charge in [-0.2, -0.15) is 0 Å². The lowest BCUT2D eigenvalue weighted by molar-refractivity contribution is 0.122. The highest BCUT2D eigenvalue weighted by atomic mass is 16.5. The van der Waals surface area contributed by atoms with E-state index < -0.39 is 0 Å². The lowest BCUT2D eigenvalue weighted by atomic mass is 9.97. The maximum Gasteiger partial charge on any atom is 0.134 e. The molecular weight excluding hydrogens is 286 g/mol. The van der Waals surface area contributed by atoms with Crippen LogP contribution in [0.4, 0.5) is 5.82 Å². The summed E-state index contributed by atoms with van der Waals surface area (Å²) < 4.78 is 5.50. The number of morpholine rings is 1. The van der Waals surface area contributed by atoms with Crippen molar-refractivity contribution in [3.8, 4) is 0 Å². The molecule has 4 nitrogen and oxygen atoms in total. The van der Waals surface area contributed by atoms with Gasteiger partial charge in [0.1, 0.15) is 5.82 Å². The lowest BCUT2D eigenvalue weighted by Crippen LogP contribution is -2.38. The van der Waals surface area contributed by atoms with Crippen molar-refractivity contribution in [1.82, 2.24) is 4.98 Å². The molecule has 1 fully saturated rings. The Morgan fingerprint density at radius 1 is 1.22 bits per heavy atom. The summed E-state index contributed by atoms with van der Waals surface area (Å²) in [6, 6.07) is 8.71. The predicted octanol–water partition coefficient (Wildman–Crippen LogP) is 3.60. The van der Waals surface area contributed by atoms with Crippen molar-refractivity contribution >= 4 is 16.7 Å². The highest BCUT2D eigenvalue weighted by Gasteiger charge is 2.21. The molecular formula is C19H27N3O. The maximum absolute atomic E-state index is 6.39. The largest absolute Gasteiger partial charge is 0.378 e. The molecule has 1 aromatic heterocycles. The van der Waals surface area contributed by atoms with Crippen LogP contribution in [0.25, 0.3) is 10.9 Å². The zero-order chi connectivity index (χ0) is 16.4. The van der Waals surface area contributed by atoms with Crippen molar-refractivity contribution in [2.24, 2.45) is 5.73 Å². The molecule has 1 saturated heterocycles. The zero-order valence-corrected chi connectivity index (χ0v) is 14.4. The number of fused-ring (bicyclic) bond motifs is 1. The van der Waals surface area contributed by atoms with Gasteiger partial charge in [-0.15, -0.1) is 0 Å². The van der Waals surface area contributed by atoms with E-state index in [1.54, 1.807) is 0 Å². The van der Waals surface area contributed by atoms with Crippen molar-refractivity contribution in [3.63, 3.8) is 0 Å². The minimum absolute atomic E-state index is 0.0208. The van der Waals surface area contributed by atoms with E-state index in [2.05, 4.69) is 49.9 Å². The predicted molar refractivity (Wildman–Crippen MR) is 96.1 cm³/mol. The molecule has 2 heterocycles. The second-order valence-electron chi connectivity index (χ2n) is 6.59. The van der Waals surface area contributed by atoms with Crippen molar-refractivity contribution in [3.05, 3.63) is 35.4 Å². The van der Waals surface area contributed by atoms with Gasteiger partial charge in [-0.3, -0.25) is 0 Å². The van der Waals surface area contributed by atoms with Crippen LogP contribution < -0.4 is 10.6 Å². The molecule has 23 heavy (non-hydrogen) atoms. The van der Waals surface area contributed by atoms with Gasteiger partial charge < -0.3 is 15.4 Å². The second kappa shape index (κ2) is 6.85. The molecule has 4 heteroatoms. The molecule has 124 valence electrons. The molecule has 2 N–H and O–H groups in total. The van der Waals surface area contributed by atoms with Gasteiger partial charge in [-0.1, -0.05) is 39.0 Å². The summed E-state index contributed by atoms with van der Waals surface area (Å²) in [6.45, 7) is 9.84. The summed E-state index contributed by atoms with van der Waals surface area (Å²) in [5.41, 5.74) is 9.96. The Labute approximate surface area is 138 Å². The third-order valence-corrected chi connectivity index (χ3v) is 4.66. The van der Waals surface area contributed by atoms with Crippen LogP contribution in [0.3, 0.4) is 0 Å². The summed E-state index contributed by atoms with van der Waals surface area (Å²) in [4.78, 5) is 7.40. The van der Waals surface area contributed by atoms with Gasteiger partial charge in [0, 0.05) is 30.1 Å². The number of hydrogen-bond acceptors (Lipinski definition) is 4. The molecule has 0 spiro atoms. The van der Waals surface area contributed by atoms with Gasteiger partial charge in [0.25, 0.3) is 0 Å². The summed E-state index contributed by atoms with van der Waals surface area (Å²) in [7, 11) is 0. The summed E-state index contributed by atoms with van der Waals surface area (Å²) in [5.74, 6) is 1.50. The zero-order valence-electron chi connectivity index (χ0n) is 14.4. The molecule has 1 aliphatic heterocycles. The minimum atomic E-state index is 0.0208. The van der Waals surface area contributed by atoms with E-state index in [4.69, 9.17) is 15.5 Å². The Bertz CT molecular complexity index is 678. The Morgan fingerprint density at radius 3 is 2.61 bits per heavy atom. The maximum atomic E-state index is 6.39. The number of ether oxygens (including phenoxy) is 1. The highest BCUT2D eigenvalue weighted by Crippen LogP contribution is 2.32. The first-order valence-electron chi connectivity index (χ1n) is 8.63. The van der Waals surface area contributed by atoms with Gasteiger partial charge in [0.05, 0.1) is 18.7 Å². The smallest absolute Gasteiger partial charge is 0.134 e. The fraction of sp³-hybridized carbons (Fsp3) is 0.526. The number of pyridine rings is 1. The number of nitrogens with zero attached hydrogens (tertiary/aromatic N) is 2. The lowest BCUT2D eigenvalue weighted by Gasteiger charge is -2.31. The second-order valence-corrected chi connectivity index (χ2v) is 6.59. The van der Waals surface area contributed by atoms with Crippen molar-refractivity contribution in [2.45, 2.75) is 39.2 Å². The number of hydrogen-bond donors (Lipinski definition) is 1. The normalized spacial score (nSPS) is 17.0. The van der Waals surface area contributed by atoms with Crippen LogP contribution in [-0.4, -0.2) is 31.3 Å². The molecule has 1 unspecified atom stereocenters. The molecule has 1 aliphatic rings. The van der Waals surface area contributed by atoms with Gasteiger partial charge in [0.2, 0.25) is 0 Å². The van der Waals surface area contributed by atoms with E-state index in [-0.39, 0.29) is 6.04 Å². The van der Waals surface area contributed by atoms with E-state index in [0.29, 0.717) is 5.92 Å². The average molecular weight is 313 g/mol. The highest BCUT2D eigenvalue weighted by molar-refractivity contribution is 5.85. The molecule has 3 rings (SSSR count). The summed E-state index contributed by atoms with van der Waals surface area (Å²) >= 11 is 0. The Morgan fingerprint density at radius 2 is 1.96 bits per heavy atom. The van der Waals surface area contributed by atoms with Gasteiger partial charge in [-0.25, -0.2) is 4.98 Å². The van der Waals surface area contributed by atoms with Crippen molar-refractivity contribution in [1.29, 1.82) is 0 Å². The van der Waals surface area contributed by atoms with E-state index in [1.807, 2.05) is 0 Å². The fourth-order valence-corrected chi connectivity index (χ4v) is 3.22. The monoisotopic (exact) mass is 313 g/mol. The average Bonchev–Trinajstić information content (AvgIpc) is 2.60. The molecule has 0 amide bonds. The van der Waals surface area contributed by atoms with Gasteiger partial charge in [-0.05, 0) is 24.0 Å². The number of aromatic nitrogens is 1. The van der Waals surface area contributed by atoms with E-state index >= 15 is 0 Å². The summed E-state index contributed by atoms with van der Waals surface area (Å²) in [6.07, 6.45) is 0.911. The number of rotatable bonds is 4. The number of benzene rings is 1. The number of para-hydroxylation sites is 1.